The van der Waals surface area contributed by atoms with Crippen molar-refractivity contribution >= 4 is 0 Å². The Kier molecular flexibility index (Phi) is 6.97. The van der Waals surface area contributed by atoms with Crippen LogP contribution in [-0.4, -0.2) is 61.7 Å². The van der Waals surface area contributed by atoms with Crippen LogP contribution in [0.4, 0.5) is 0 Å². The zero-order chi connectivity index (χ0) is 15.1. The summed E-state index contributed by atoms with van der Waals surface area (Å²) < 4.78 is 0. The molecule has 0 aromatic carbocycles. The van der Waals surface area contributed by atoms with Gasteiger partial charge in [-0.15, -0.1) is 0 Å². The Morgan fingerprint density at radius 2 is 1.48 bits per heavy atom. The van der Waals surface area contributed by atoms with Crippen molar-refractivity contribution in [1.82, 2.24) is 15.1 Å². The van der Waals surface area contributed by atoms with E-state index in [1.807, 2.05) is 0 Å². The van der Waals surface area contributed by atoms with Crippen LogP contribution in [-0.2, 0) is 0 Å². The van der Waals surface area contributed by atoms with Gasteiger partial charge in [0.15, 0.2) is 0 Å². The van der Waals surface area contributed by atoms with Crippen LogP contribution in [0.5, 0.6) is 0 Å². The average molecular weight is 296 g/mol. The number of likely N-dealkylation sites (N-methyl/N-ethyl adjacent to an activating group) is 1. The first-order valence-electron chi connectivity index (χ1n) is 9.32. The minimum absolute atomic E-state index is 0.537. The summed E-state index contributed by atoms with van der Waals surface area (Å²) in [6.45, 7) is 15.7. The zero-order valence-corrected chi connectivity index (χ0v) is 14.7. The Bertz CT molecular complexity index is 274. The van der Waals surface area contributed by atoms with Gasteiger partial charge in [-0.3, -0.25) is 0 Å². The van der Waals surface area contributed by atoms with Crippen molar-refractivity contribution in [3.05, 3.63) is 0 Å². The Hall–Kier alpha value is -0.120. The number of rotatable bonds is 6. The first-order chi connectivity index (χ1) is 10.1. The predicted octanol–water partition coefficient (Wildman–Crippen LogP) is 2.96. The van der Waals surface area contributed by atoms with Gasteiger partial charge in [-0.05, 0) is 24.8 Å². The van der Waals surface area contributed by atoms with Gasteiger partial charge in [0.25, 0.3) is 0 Å². The standard InChI is InChI=1S/C18H37N3/c1-4-20-11-13-21(14-12-20)16-18(15-19-17(2)3)9-7-5-6-8-10-18/h17,19H,4-16H2,1-3H3. The molecule has 1 aliphatic heterocycles. The molecule has 3 nitrogen and oxygen atoms in total. The quantitative estimate of drug-likeness (QED) is 0.760. The zero-order valence-electron chi connectivity index (χ0n) is 14.7. The van der Waals surface area contributed by atoms with E-state index in [1.54, 1.807) is 0 Å². The molecule has 124 valence electrons. The van der Waals surface area contributed by atoms with Crippen LogP contribution in [0.1, 0.15) is 59.3 Å². The third-order valence-electron chi connectivity index (χ3n) is 5.52. The van der Waals surface area contributed by atoms with E-state index >= 15 is 0 Å². The number of hydrogen-bond acceptors (Lipinski definition) is 3. The van der Waals surface area contributed by atoms with Gasteiger partial charge in [-0.1, -0.05) is 46.5 Å². The fraction of sp³-hybridized carbons (Fsp3) is 1.00. The molecule has 1 heterocycles. The maximum Gasteiger partial charge on any atom is 0.0110 e. The van der Waals surface area contributed by atoms with Crippen molar-refractivity contribution in [3.63, 3.8) is 0 Å². The number of hydrogen-bond donors (Lipinski definition) is 1. The molecule has 0 amide bonds. The van der Waals surface area contributed by atoms with Crippen molar-refractivity contribution in [1.29, 1.82) is 0 Å². The maximum atomic E-state index is 3.76. The molecule has 1 saturated carbocycles. The summed E-state index contributed by atoms with van der Waals surface area (Å²) >= 11 is 0. The first-order valence-corrected chi connectivity index (χ1v) is 9.32. The van der Waals surface area contributed by atoms with Gasteiger partial charge >= 0.3 is 0 Å². The number of nitrogens with one attached hydrogen (secondary N) is 1. The van der Waals surface area contributed by atoms with Gasteiger partial charge in [0.1, 0.15) is 0 Å². The minimum atomic E-state index is 0.537. The van der Waals surface area contributed by atoms with Crippen molar-refractivity contribution in [3.8, 4) is 0 Å². The fourth-order valence-electron chi connectivity index (χ4n) is 4.03. The number of nitrogens with zero attached hydrogens (tertiary/aromatic N) is 2. The van der Waals surface area contributed by atoms with E-state index in [1.165, 1.54) is 84.3 Å². The molecule has 0 radical (unpaired) electrons. The molecule has 1 saturated heterocycles. The monoisotopic (exact) mass is 295 g/mol. The van der Waals surface area contributed by atoms with Gasteiger partial charge in [-0.2, -0.15) is 0 Å². The van der Waals surface area contributed by atoms with Crippen molar-refractivity contribution in [2.45, 2.75) is 65.3 Å². The highest BCUT2D eigenvalue weighted by Gasteiger charge is 2.33. The lowest BCUT2D eigenvalue weighted by Crippen LogP contribution is -2.52. The molecule has 2 aliphatic rings. The van der Waals surface area contributed by atoms with Gasteiger partial charge in [0.05, 0.1) is 0 Å². The molecule has 0 spiro atoms. The normalized spacial score (nSPS) is 25.1. The third kappa shape index (κ3) is 5.54. The van der Waals surface area contributed by atoms with E-state index in [0.29, 0.717) is 11.5 Å². The summed E-state index contributed by atoms with van der Waals surface area (Å²) in [6, 6.07) is 0.613. The molecule has 21 heavy (non-hydrogen) atoms. The van der Waals surface area contributed by atoms with E-state index < -0.39 is 0 Å². The van der Waals surface area contributed by atoms with Crippen molar-refractivity contribution < 1.29 is 0 Å². The fourth-order valence-corrected chi connectivity index (χ4v) is 4.03. The molecule has 2 fully saturated rings. The summed E-state index contributed by atoms with van der Waals surface area (Å²) in [7, 11) is 0. The molecule has 2 rings (SSSR count). The molecule has 1 N–H and O–H groups in total. The Morgan fingerprint density at radius 1 is 0.905 bits per heavy atom. The second kappa shape index (κ2) is 8.50. The summed E-state index contributed by atoms with van der Waals surface area (Å²) in [4.78, 5) is 5.34. The molecule has 0 aromatic rings. The highest BCUT2D eigenvalue weighted by Crippen LogP contribution is 2.35. The lowest BCUT2D eigenvalue weighted by molar-refractivity contribution is 0.0756. The first kappa shape index (κ1) is 17.2. The second-order valence-corrected chi connectivity index (χ2v) is 7.66. The molecule has 3 heteroatoms. The van der Waals surface area contributed by atoms with Crippen LogP contribution >= 0.6 is 0 Å². The van der Waals surface area contributed by atoms with Crippen molar-refractivity contribution in [2.24, 2.45) is 5.41 Å². The summed E-state index contributed by atoms with van der Waals surface area (Å²) in [5.41, 5.74) is 0.537. The summed E-state index contributed by atoms with van der Waals surface area (Å²) in [5.74, 6) is 0. The summed E-state index contributed by atoms with van der Waals surface area (Å²) in [5, 5.41) is 3.76. The van der Waals surface area contributed by atoms with E-state index in [0.717, 1.165) is 0 Å². The van der Waals surface area contributed by atoms with Crippen LogP contribution in [0.25, 0.3) is 0 Å². The van der Waals surface area contributed by atoms with E-state index in [-0.39, 0.29) is 0 Å². The molecular weight excluding hydrogens is 258 g/mol. The largest absolute Gasteiger partial charge is 0.314 e. The van der Waals surface area contributed by atoms with E-state index in [9.17, 15) is 0 Å². The van der Waals surface area contributed by atoms with Crippen molar-refractivity contribution in [2.75, 3.05) is 45.8 Å². The van der Waals surface area contributed by atoms with Crippen LogP contribution in [0.3, 0.4) is 0 Å². The second-order valence-electron chi connectivity index (χ2n) is 7.66. The smallest absolute Gasteiger partial charge is 0.0110 e. The lowest BCUT2D eigenvalue weighted by Gasteiger charge is -2.42. The van der Waals surface area contributed by atoms with Gasteiger partial charge in [-0.25, -0.2) is 0 Å². The lowest BCUT2D eigenvalue weighted by atomic mass is 9.79. The SMILES string of the molecule is CCN1CCN(CC2(CNC(C)C)CCCCCC2)CC1. The minimum Gasteiger partial charge on any atom is -0.314 e. The van der Waals surface area contributed by atoms with Gasteiger partial charge in [0, 0.05) is 45.3 Å². The molecular formula is C18H37N3. The Balaban J connectivity index is 1.91. The van der Waals surface area contributed by atoms with Crippen LogP contribution in [0, 0.1) is 5.41 Å². The average Bonchev–Trinajstić information content (AvgIpc) is 2.72. The third-order valence-corrected chi connectivity index (χ3v) is 5.52. The van der Waals surface area contributed by atoms with Crippen LogP contribution < -0.4 is 5.32 Å². The topological polar surface area (TPSA) is 18.5 Å². The molecule has 0 bridgehead atoms. The highest BCUT2D eigenvalue weighted by molar-refractivity contribution is 4.88. The van der Waals surface area contributed by atoms with Gasteiger partial charge < -0.3 is 15.1 Å². The predicted molar refractivity (Wildman–Crippen MR) is 91.8 cm³/mol. The van der Waals surface area contributed by atoms with E-state index in [2.05, 4.69) is 35.9 Å². The van der Waals surface area contributed by atoms with Crippen LogP contribution in [0.15, 0.2) is 0 Å². The number of piperazine rings is 1. The molecule has 0 atom stereocenters. The molecule has 0 aromatic heterocycles. The van der Waals surface area contributed by atoms with Gasteiger partial charge in [0.2, 0.25) is 0 Å². The van der Waals surface area contributed by atoms with E-state index in [4.69, 9.17) is 0 Å². The Morgan fingerprint density at radius 3 is 2.00 bits per heavy atom. The summed E-state index contributed by atoms with van der Waals surface area (Å²) in [6.07, 6.45) is 8.64. The van der Waals surface area contributed by atoms with Crippen LogP contribution in [0.2, 0.25) is 0 Å². The molecule has 0 unspecified atom stereocenters. The maximum absolute atomic E-state index is 3.76. The molecule has 1 aliphatic carbocycles. The highest BCUT2D eigenvalue weighted by atomic mass is 15.3. The Labute approximate surface area is 132 Å².